The van der Waals surface area contributed by atoms with E-state index in [1.54, 1.807) is 28.1 Å². The van der Waals surface area contributed by atoms with Crippen molar-refractivity contribution < 1.29 is 18.0 Å². The van der Waals surface area contributed by atoms with Gasteiger partial charge in [-0.2, -0.15) is 0 Å². The molecule has 2 fully saturated rings. The Labute approximate surface area is 147 Å². The Hall–Kier alpha value is -2.16. The molecule has 3 rings (SSSR count). The number of anilines is 1. The van der Waals surface area contributed by atoms with Gasteiger partial charge in [-0.25, -0.2) is 13.4 Å². The van der Waals surface area contributed by atoms with Crippen LogP contribution in [0.1, 0.15) is 16.9 Å². The van der Waals surface area contributed by atoms with Gasteiger partial charge >= 0.3 is 0 Å². The number of piperazine rings is 1. The van der Waals surface area contributed by atoms with Crippen molar-refractivity contribution >= 4 is 27.8 Å². The zero-order chi connectivity index (χ0) is 18.0. The van der Waals surface area contributed by atoms with Gasteiger partial charge in [0, 0.05) is 39.3 Å². The van der Waals surface area contributed by atoms with E-state index in [0.29, 0.717) is 38.3 Å². The molecule has 1 aromatic rings. The van der Waals surface area contributed by atoms with Crippen molar-refractivity contribution in [3.63, 3.8) is 0 Å². The van der Waals surface area contributed by atoms with E-state index in [1.807, 2.05) is 11.9 Å². The summed E-state index contributed by atoms with van der Waals surface area (Å²) in [6, 6.07) is 3.42. The van der Waals surface area contributed by atoms with E-state index in [0.717, 1.165) is 12.1 Å². The van der Waals surface area contributed by atoms with E-state index in [-0.39, 0.29) is 23.5 Å². The number of rotatable bonds is 4. The van der Waals surface area contributed by atoms with Gasteiger partial charge in [0.05, 0.1) is 23.4 Å². The van der Waals surface area contributed by atoms with Crippen LogP contribution in [-0.2, 0) is 14.6 Å². The third kappa shape index (κ3) is 3.92. The maximum atomic E-state index is 12.5. The van der Waals surface area contributed by atoms with Crippen molar-refractivity contribution in [2.45, 2.75) is 12.5 Å². The van der Waals surface area contributed by atoms with E-state index < -0.39 is 9.84 Å². The molecule has 1 atom stereocenters. The molecule has 0 aliphatic carbocycles. The fraction of sp³-hybridized carbons (Fsp3) is 0.562. The summed E-state index contributed by atoms with van der Waals surface area (Å²) in [7, 11) is -1.09. The quantitative estimate of drug-likeness (QED) is 0.675. The summed E-state index contributed by atoms with van der Waals surface area (Å²) in [5.74, 6) is 0.229. The second-order valence-corrected chi connectivity index (χ2v) is 8.73. The maximum Gasteiger partial charge on any atom is 0.272 e. The molecule has 0 aromatic carbocycles. The van der Waals surface area contributed by atoms with Gasteiger partial charge in [-0.3, -0.25) is 9.59 Å². The fourth-order valence-electron chi connectivity index (χ4n) is 3.21. The third-order valence-electron chi connectivity index (χ3n) is 4.88. The van der Waals surface area contributed by atoms with Crippen LogP contribution >= 0.6 is 0 Å². The van der Waals surface area contributed by atoms with Gasteiger partial charge in [0.15, 0.2) is 9.84 Å². The highest BCUT2D eigenvalue weighted by Gasteiger charge is 2.31. The van der Waals surface area contributed by atoms with Crippen LogP contribution < -0.4 is 4.90 Å². The summed E-state index contributed by atoms with van der Waals surface area (Å²) in [4.78, 5) is 32.7. The minimum Gasteiger partial charge on any atom is -0.369 e. The van der Waals surface area contributed by atoms with Gasteiger partial charge < -0.3 is 14.7 Å². The SMILES string of the molecule is CN(c1ccc(C(=O)N2CCN(C=O)CC2)nc1)C1CCS(=O)(=O)C1. The van der Waals surface area contributed by atoms with E-state index >= 15 is 0 Å². The van der Waals surface area contributed by atoms with Crippen LogP contribution in [0.25, 0.3) is 0 Å². The monoisotopic (exact) mass is 366 g/mol. The van der Waals surface area contributed by atoms with Crippen molar-refractivity contribution in [2.24, 2.45) is 0 Å². The van der Waals surface area contributed by atoms with Crippen LogP contribution in [-0.4, -0.2) is 86.3 Å². The smallest absolute Gasteiger partial charge is 0.272 e. The molecule has 25 heavy (non-hydrogen) atoms. The van der Waals surface area contributed by atoms with E-state index in [1.165, 1.54) is 0 Å². The van der Waals surface area contributed by atoms with Gasteiger partial charge in [-0.15, -0.1) is 0 Å². The van der Waals surface area contributed by atoms with E-state index in [9.17, 15) is 18.0 Å². The summed E-state index contributed by atoms with van der Waals surface area (Å²) < 4.78 is 23.2. The predicted octanol–water partition coefficient (Wildman–Crippen LogP) is -0.381. The minimum absolute atomic E-state index is 0.0511. The highest BCUT2D eigenvalue weighted by atomic mass is 32.2. The molecule has 8 nitrogen and oxygen atoms in total. The summed E-state index contributed by atoms with van der Waals surface area (Å²) in [6.07, 6.45) is 3.02. The molecule has 2 aliphatic heterocycles. The molecule has 136 valence electrons. The number of amides is 2. The topological polar surface area (TPSA) is 90.9 Å². The molecule has 3 heterocycles. The number of hydrogen-bond donors (Lipinski definition) is 0. The number of pyridine rings is 1. The van der Waals surface area contributed by atoms with Crippen LogP contribution in [0.2, 0.25) is 0 Å². The van der Waals surface area contributed by atoms with E-state index in [2.05, 4.69) is 4.98 Å². The van der Waals surface area contributed by atoms with Crippen molar-refractivity contribution in [3.8, 4) is 0 Å². The zero-order valence-electron chi connectivity index (χ0n) is 14.2. The first-order valence-corrected chi connectivity index (χ1v) is 10.1. The lowest BCUT2D eigenvalue weighted by molar-refractivity contribution is -0.119. The number of carbonyl (C=O) groups is 2. The van der Waals surface area contributed by atoms with E-state index in [4.69, 9.17) is 0 Å². The summed E-state index contributed by atoms with van der Waals surface area (Å²) >= 11 is 0. The van der Waals surface area contributed by atoms with Crippen LogP contribution in [0.3, 0.4) is 0 Å². The molecule has 0 bridgehead atoms. The molecule has 0 spiro atoms. The molecule has 0 N–H and O–H groups in total. The first kappa shape index (κ1) is 17.7. The molecule has 1 aromatic heterocycles. The van der Waals surface area contributed by atoms with Crippen LogP contribution in [0, 0.1) is 0 Å². The molecule has 0 radical (unpaired) electrons. The number of hydrogen-bond acceptors (Lipinski definition) is 6. The fourth-order valence-corrected chi connectivity index (χ4v) is 4.98. The van der Waals surface area contributed by atoms with Crippen molar-refractivity contribution in [1.82, 2.24) is 14.8 Å². The Balaban J connectivity index is 1.64. The average Bonchev–Trinajstić information content (AvgIpc) is 3.00. The molecule has 2 aliphatic rings. The molecular weight excluding hydrogens is 344 g/mol. The maximum absolute atomic E-state index is 12.5. The molecule has 9 heteroatoms. The molecule has 0 saturated carbocycles. The number of aromatic nitrogens is 1. The van der Waals surface area contributed by atoms with Gasteiger partial charge in [-0.05, 0) is 18.6 Å². The molecule has 2 saturated heterocycles. The lowest BCUT2D eigenvalue weighted by atomic mass is 10.2. The van der Waals surface area contributed by atoms with Gasteiger partial charge in [0.25, 0.3) is 5.91 Å². The van der Waals surface area contributed by atoms with Crippen molar-refractivity contribution in [1.29, 1.82) is 0 Å². The molecule has 1 unspecified atom stereocenters. The predicted molar refractivity (Wildman–Crippen MR) is 93.2 cm³/mol. The van der Waals surface area contributed by atoms with Crippen LogP contribution in [0.15, 0.2) is 18.3 Å². The molecule has 2 amide bonds. The first-order chi connectivity index (χ1) is 11.9. The number of sulfone groups is 1. The Morgan fingerprint density at radius 3 is 2.52 bits per heavy atom. The normalized spacial score (nSPS) is 22.7. The van der Waals surface area contributed by atoms with Crippen molar-refractivity contribution in [2.75, 3.05) is 49.6 Å². The van der Waals surface area contributed by atoms with Crippen molar-refractivity contribution in [3.05, 3.63) is 24.0 Å². The van der Waals surface area contributed by atoms with Crippen LogP contribution in [0.5, 0.6) is 0 Å². The largest absolute Gasteiger partial charge is 0.369 e. The average molecular weight is 366 g/mol. The summed E-state index contributed by atoms with van der Waals surface area (Å²) in [5.41, 5.74) is 1.15. The second kappa shape index (κ2) is 6.99. The highest BCUT2D eigenvalue weighted by molar-refractivity contribution is 7.91. The molecular formula is C16H22N4O4S. The highest BCUT2D eigenvalue weighted by Crippen LogP contribution is 2.22. The Bertz CT molecular complexity index is 742. The second-order valence-electron chi connectivity index (χ2n) is 6.50. The third-order valence-corrected chi connectivity index (χ3v) is 6.63. The summed E-state index contributed by atoms with van der Waals surface area (Å²) in [6.45, 7) is 2.07. The Morgan fingerprint density at radius 2 is 2.00 bits per heavy atom. The van der Waals surface area contributed by atoms with Gasteiger partial charge in [0.2, 0.25) is 6.41 Å². The first-order valence-electron chi connectivity index (χ1n) is 8.27. The lowest BCUT2D eigenvalue weighted by Gasteiger charge is -2.32. The minimum atomic E-state index is -2.94. The Morgan fingerprint density at radius 1 is 1.28 bits per heavy atom. The standard InChI is InChI=1S/C16H22N4O4S/c1-18(14-4-9-25(23,24)11-14)13-2-3-15(17-10-13)16(22)20-7-5-19(12-21)6-8-20/h2-3,10,12,14H,4-9,11H2,1H3. The number of nitrogens with zero attached hydrogens (tertiary/aromatic N) is 4. The lowest BCUT2D eigenvalue weighted by Crippen LogP contribution is -2.48. The zero-order valence-corrected chi connectivity index (χ0v) is 15.0. The Kier molecular flexibility index (Phi) is 4.94. The van der Waals surface area contributed by atoms with Crippen LogP contribution in [0.4, 0.5) is 5.69 Å². The summed E-state index contributed by atoms with van der Waals surface area (Å²) in [5, 5.41) is 0. The number of carbonyl (C=O) groups excluding carboxylic acids is 2. The van der Waals surface area contributed by atoms with Gasteiger partial charge in [-0.1, -0.05) is 0 Å². The van der Waals surface area contributed by atoms with Gasteiger partial charge in [0.1, 0.15) is 5.69 Å².